The summed E-state index contributed by atoms with van der Waals surface area (Å²) >= 11 is 1.38. The van der Waals surface area contributed by atoms with Gasteiger partial charge in [-0.3, -0.25) is 9.20 Å². The normalized spacial score (nSPS) is 12.2. The van der Waals surface area contributed by atoms with Gasteiger partial charge in [0.15, 0.2) is 10.8 Å². The molecule has 28 heavy (non-hydrogen) atoms. The van der Waals surface area contributed by atoms with Crippen LogP contribution < -0.4 is 10.1 Å². The molecular weight excluding hydrogens is 372 g/mol. The zero-order valence-corrected chi connectivity index (χ0v) is 16.7. The van der Waals surface area contributed by atoms with E-state index in [4.69, 9.17) is 4.74 Å². The van der Waals surface area contributed by atoms with Crippen molar-refractivity contribution in [3.05, 3.63) is 60.2 Å². The van der Waals surface area contributed by atoms with E-state index in [0.717, 1.165) is 22.1 Å². The number of ether oxygens (including phenoxy) is 1. The Balaban J connectivity index is 1.63. The van der Waals surface area contributed by atoms with Crippen LogP contribution in [0.4, 0.5) is 5.69 Å². The molecule has 6 nitrogen and oxygen atoms in total. The zero-order valence-electron chi connectivity index (χ0n) is 15.8. The lowest BCUT2D eigenvalue weighted by atomic mass is 10.1. The van der Waals surface area contributed by atoms with E-state index >= 15 is 0 Å². The fraction of sp³-hybridized carbons (Fsp3) is 0.190. The topological polar surface area (TPSA) is 68.5 Å². The van der Waals surface area contributed by atoms with Gasteiger partial charge in [0.2, 0.25) is 5.91 Å². The van der Waals surface area contributed by atoms with Crippen molar-refractivity contribution in [3.63, 3.8) is 0 Å². The molecule has 0 spiro atoms. The molecule has 1 unspecified atom stereocenters. The number of amides is 1. The van der Waals surface area contributed by atoms with Gasteiger partial charge in [-0.15, -0.1) is 10.2 Å². The summed E-state index contributed by atoms with van der Waals surface area (Å²) < 4.78 is 7.30. The first-order chi connectivity index (χ1) is 13.6. The van der Waals surface area contributed by atoms with E-state index in [1.165, 1.54) is 11.8 Å². The molecular formula is C21H20N4O2S. The molecule has 4 rings (SSSR count). The van der Waals surface area contributed by atoms with E-state index in [1.54, 1.807) is 7.11 Å². The molecule has 2 aromatic heterocycles. The Morgan fingerprint density at radius 3 is 2.71 bits per heavy atom. The molecule has 2 aromatic carbocycles. The number of fused-ring (bicyclic) bond motifs is 3. The minimum atomic E-state index is -0.364. The number of rotatable bonds is 5. The van der Waals surface area contributed by atoms with Crippen LogP contribution in [-0.4, -0.2) is 32.9 Å². The maximum absolute atomic E-state index is 12.7. The lowest BCUT2D eigenvalue weighted by molar-refractivity contribution is -0.115. The van der Waals surface area contributed by atoms with Gasteiger partial charge in [-0.25, -0.2) is 0 Å². The molecule has 0 saturated heterocycles. The van der Waals surface area contributed by atoms with Crippen LogP contribution in [0.1, 0.15) is 12.5 Å². The lowest BCUT2D eigenvalue weighted by Crippen LogP contribution is -2.23. The van der Waals surface area contributed by atoms with Crippen LogP contribution in [0.2, 0.25) is 0 Å². The van der Waals surface area contributed by atoms with Crippen LogP contribution in [0.3, 0.4) is 0 Å². The number of methoxy groups -OCH3 is 1. The first-order valence-electron chi connectivity index (χ1n) is 8.92. The van der Waals surface area contributed by atoms with Crippen molar-refractivity contribution in [1.29, 1.82) is 0 Å². The first-order valence-corrected chi connectivity index (χ1v) is 9.80. The Bertz CT molecular complexity index is 1170. The maximum atomic E-state index is 12.7. The number of anilines is 1. The van der Waals surface area contributed by atoms with Gasteiger partial charge < -0.3 is 10.1 Å². The number of nitrogens with one attached hydrogen (secondary N) is 1. The molecule has 0 aliphatic carbocycles. The van der Waals surface area contributed by atoms with Gasteiger partial charge in [0.25, 0.3) is 0 Å². The zero-order chi connectivity index (χ0) is 19.7. The van der Waals surface area contributed by atoms with Gasteiger partial charge in [0.1, 0.15) is 5.75 Å². The second-order valence-corrected chi connectivity index (χ2v) is 7.78. The number of carbonyl (C=O) groups excluding carboxylic acids is 1. The average Bonchev–Trinajstić information content (AvgIpc) is 3.11. The summed E-state index contributed by atoms with van der Waals surface area (Å²) in [6.07, 6.45) is 0. The first kappa shape index (κ1) is 18.3. The molecule has 0 radical (unpaired) electrons. The van der Waals surface area contributed by atoms with Crippen molar-refractivity contribution < 1.29 is 9.53 Å². The number of aryl methyl sites for hydroxylation is 1. The minimum absolute atomic E-state index is 0.123. The van der Waals surface area contributed by atoms with Crippen molar-refractivity contribution in [2.24, 2.45) is 0 Å². The molecule has 0 aliphatic heterocycles. The number of hydrogen-bond acceptors (Lipinski definition) is 5. The van der Waals surface area contributed by atoms with Gasteiger partial charge in [-0.1, -0.05) is 42.1 Å². The summed E-state index contributed by atoms with van der Waals surface area (Å²) in [7, 11) is 1.58. The number of carbonyl (C=O) groups is 1. The molecule has 142 valence electrons. The summed E-state index contributed by atoms with van der Waals surface area (Å²) in [5.74, 6) is 0.505. The number of thioether (sulfide) groups is 1. The Labute approximate surface area is 166 Å². The molecule has 4 aromatic rings. The van der Waals surface area contributed by atoms with Crippen molar-refractivity contribution >= 4 is 39.9 Å². The highest BCUT2D eigenvalue weighted by atomic mass is 32.2. The monoisotopic (exact) mass is 392 g/mol. The van der Waals surface area contributed by atoms with Gasteiger partial charge in [0.05, 0.1) is 23.6 Å². The number of benzene rings is 2. The summed E-state index contributed by atoms with van der Waals surface area (Å²) in [4.78, 5) is 12.7. The Kier molecular flexibility index (Phi) is 4.92. The molecule has 0 saturated carbocycles. The largest absolute Gasteiger partial charge is 0.495 e. The Hall–Kier alpha value is -3.06. The number of hydrogen-bond donors (Lipinski definition) is 1. The van der Waals surface area contributed by atoms with Crippen LogP contribution in [0.5, 0.6) is 5.75 Å². The molecule has 0 fully saturated rings. The summed E-state index contributed by atoms with van der Waals surface area (Å²) in [5.41, 5.74) is 3.60. The van der Waals surface area contributed by atoms with E-state index in [2.05, 4.69) is 28.5 Å². The van der Waals surface area contributed by atoms with Crippen molar-refractivity contribution in [2.45, 2.75) is 24.3 Å². The van der Waals surface area contributed by atoms with Crippen molar-refractivity contribution in [1.82, 2.24) is 14.6 Å². The fourth-order valence-corrected chi connectivity index (χ4v) is 4.01. The third kappa shape index (κ3) is 3.29. The number of pyridine rings is 1. The smallest absolute Gasteiger partial charge is 0.237 e. The highest BCUT2D eigenvalue weighted by Gasteiger charge is 2.20. The summed E-state index contributed by atoms with van der Waals surface area (Å²) in [6.45, 7) is 3.92. The average molecular weight is 392 g/mol. The molecule has 2 heterocycles. The highest BCUT2D eigenvalue weighted by Crippen LogP contribution is 2.29. The number of nitrogens with zero attached hydrogens (tertiary/aromatic N) is 3. The molecule has 1 amide bonds. The third-order valence-electron chi connectivity index (χ3n) is 4.59. The number of aromatic nitrogens is 3. The van der Waals surface area contributed by atoms with E-state index in [-0.39, 0.29) is 11.2 Å². The molecule has 7 heteroatoms. The highest BCUT2D eigenvalue weighted by molar-refractivity contribution is 8.00. The van der Waals surface area contributed by atoms with Crippen LogP contribution in [-0.2, 0) is 4.79 Å². The van der Waals surface area contributed by atoms with E-state index < -0.39 is 0 Å². The van der Waals surface area contributed by atoms with Crippen LogP contribution in [0.25, 0.3) is 16.6 Å². The van der Waals surface area contributed by atoms with Gasteiger partial charge in [-0.2, -0.15) is 0 Å². The Morgan fingerprint density at radius 2 is 1.89 bits per heavy atom. The third-order valence-corrected chi connectivity index (χ3v) is 5.63. The second kappa shape index (κ2) is 7.52. The Morgan fingerprint density at radius 1 is 1.14 bits per heavy atom. The molecule has 1 atom stereocenters. The van der Waals surface area contributed by atoms with Crippen LogP contribution >= 0.6 is 11.8 Å². The minimum Gasteiger partial charge on any atom is -0.495 e. The number of para-hydroxylation sites is 3. The molecule has 0 bridgehead atoms. The predicted molar refractivity (Wildman–Crippen MR) is 112 cm³/mol. The van der Waals surface area contributed by atoms with Gasteiger partial charge in [0, 0.05) is 5.39 Å². The predicted octanol–water partition coefficient (Wildman–Crippen LogP) is 4.32. The van der Waals surface area contributed by atoms with E-state index in [0.29, 0.717) is 16.6 Å². The van der Waals surface area contributed by atoms with E-state index in [9.17, 15) is 4.79 Å². The summed E-state index contributed by atoms with van der Waals surface area (Å²) in [5, 5.41) is 13.0. The summed E-state index contributed by atoms with van der Waals surface area (Å²) in [6, 6.07) is 17.5. The van der Waals surface area contributed by atoms with Crippen LogP contribution in [0, 0.1) is 6.92 Å². The van der Waals surface area contributed by atoms with Crippen molar-refractivity contribution in [3.8, 4) is 5.75 Å². The van der Waals surface area contributed by atoms with Gasteiger partial charge in [-0.05, 0) is 43.7 Å². The fourth-order valence-electron chi connectivity index (χ4n) is 3.14. The second-order valence-electron chi connectivity index (χ2n) is 6.47. The van der Waals surface area contributed by atoms with Crippen LogP contribution in [0.15, 0.2) is 59.8 Å². The van der Waals surface area contributed by atoms with Gasteiger partial charge >= 0.3 is 0 Å². The quantitative estimate of drug-likeness (QED) is 0.512. The van der Waals surface area contributed by atoms with Crippen molar-refractivity contribution in [2.75, 3.05) is 12.4 Å². The van der Waals surface area contributed by atoms with E-state index in [1.807, 2.05) is 59.9 Å². The maximum Gasteiger partial charge on any atom is 0.237 e. The standard InChI is InChI=1S/C21H20N4O2S/c1-13-12-19-23-24-21(25(19)17-10-6-4-8-15(13)17)28-14(2)20(26)22-16-9-5-7-11-18(16)27-3/h4-12,14H,1-3H3,(H,22,26). The molecule has 0 aliphatic rings. The lowest BCUT2D eigenvalue weighted by Gasteiger charge is -2.14. The SMILES string of the molecule is COc1ccccc1NC(=O)C(C)Sc1nnc2cc(C)c3ccccc3n12. The molecule has 1 N–H and O–H groups in total.